The molecule has 61 heavy (non-hydrogen) atoms. The van der Waals surface area contributed by atoms with Crippen LogP contribution in [-0.2, 0) is 5.41 Å². The summed E-state index contributed by atoms with van der Waals surface area (Å²) in [6.45, 7) is 4.76. The Hall–Kier alpha value is -7.26. The summed E-state index contributed by atoms with van der Waals surface area (Å²) in [7, 11) is 0. The molecule has 1 nitrogen and oxygen atoms in total. The van der Waals surface area contributed by atoms with Crippen molar-refractivity contribution in [2.24, 2.45) is 0 Å². The standard InChI is InChI=1S/C59H39NS/c1-59(2)51-25-12-11-21-45(51)46-30-29-40(35-52(46)59)60(39-28-26-36-14-3-4-16-38(36)34-39)53-32-31-48-44-20-8-7-18-42(44)43-19-9-10-22-47(43)56(48)57(53)50-24-13-23-49-55-41-17-6-5-15-37(41)27-33-54(55)61-58(49)50/h3-35H,1-2H3. The first-order valence-electron chi connectivity index (χ1n) is 21.3. The number of hydrogen-bond donors (Lipinski definition) is 0. The van der Waals surface area contributed by atoms with E-state index in [2.05, 4.69) is 219 Å². The Kier molecular flexibility index (Phi) is 7.30. The van der Waals surface area contributed by atoms with Gasteiger partial charge in [-0.2, -0.15) is 0 Å². The summed E-state index contributed by atoms with van der Waals surface area (Å²) in [5, 5.41) is 15.3. The zero-order chi connectivity index (χ0) is 40.4. The highest BCUT2D eigenvalue weighted by Gasteiger charge is 2.36. The molecule has 0 amide bonds. The molecule has 0 atom stereocenters. The average Bonchev–Trinajstić information content (AvgIpc) is 3.81. The van der Waals surface area contributed by atoms with E-state index < -0.39 is 0 Å². The van der Waals surface area contributed by atoms with Crippen molar-refractivity contribution in [1.29, 1.82) is 0 Å². The highest BCUT2D eigenvalue weighted by molar-refractivity contribution is 7.26. The maximum atomic E-state index is 2.55. The van der Waals surface area contributed by atoms with Gasteiger partial charge in [0.1, 0.15) is 0 Å². The lowest BCUT2D eigenvalue weighted by atomic mass is 9.82. The molecular weight excluding hydrogens is 755 g/mol. The number of nitrogens with zero attached hydrogens (tertiary/aromatic N) is 1. The van der Waals surface area contributed by atoms with Crippen LogP contribution in [0.1, 0.15) is 25.0 Å². The van der Waals surface area contributed by atoms with Crippen molar-refractivity contribution in [2.75, 3.05) is 4.90 Å². The summed E-state index contributed by atoms with van der Waals surface area (Å²) in [4.78, 5) is 2.55. The minimum Gasteiger partial charge on any atom is -0.310 e. The van der Waals surface area contributed by atoms with Crippen LogP contribution in [-0.4, -0.2) is 0 Å². The highest BCUT2D eigenvalue weighted by atomic mass is 32.1. The molecule has 13 rings (SSSR count). The normalized spacial score (nSPS) is 13.2. The van der Waals surface area contributed by atoms with Crippen LogP contribution in [0.2, 0.25) is 0 Å². The number of fused-ring (bicyclic) bond motifs is 15. The molecule has 0 saturated heterocycles. The Balaban J connectivity index is 1.20. The lowest BCUT2D eigenvalue weighted by Crippen LogP contribution is -2.17. The number of thiophene rings is 1. The molecular formula is C59H39NS. The summed E-state index contributed by atoms with van der Waals surface area (Å²) in [5.74, 6) is 0. The topological polar surface area (TPSA) is 3.24 Å². The predicted octanol–water partition coefficient (Wildman–Crippen LogP) is 17.3. The molecule has 0 aliphatic heterocycles. The molecule has 0 fully saturated rings. The van der Waals surface area contributed by atoms with E-state index in [1.165, 1.54) is 107 Å². The Bertz CT molecular complexity index is 3780. The average molecular weight is 794 g/mol. The molecule has 0 radical (unpaired) electrons. The Morgan fingerprint density at radius 3 is 1.77 bits per heavy atom. The van der Waals surface area contributed by atoms with E-state index in [1.807, 2.05) is 11.3 Å². The van der Waals surface area contributed by atoms with Crippen molar-refractivity contribution in [3.63, 3.8) is 0 Å². The van der Waals surface area contributed by atoms with Gasteiger partial charge in [-0.05, 0) is 107 Å². The number of benzene rings is 11. The van der Waals surface area contributed by atoms with Gasteiger partial charge < -0.3 is 4.90 Å². The molecule has 0 unspecified atom stereocenters. The van der Waals surface area contributed by atoms with Crippen LogP contribution in [0.4, 0.5) is 17.1 Å². The summed E-state index contributed by atoms with van der Waals surface area (Å²) >= 11 is 1.92. The van der Waals surface area contributed by atoms with Crippen molar-refractivity contribution in [3.05, 3.63) is 211 Å². The molecule has 2 heteroatoms. The van der Waals surface area contributed by atoms with Crippen LogP contribution in [0, 0.1) is 0 Å². The van der Waals surface area contributed by atoms with Gasteiger partial charge in [0.05, 0.1) is 5.69 Å². The van der Waals surface area contributed by atoms with Gasteiger partial charge in [0.2, 0.25) is 0 Å². The zero-order valence-electron chi connectivity index (χ0n) is 33.9. The second-order valence-electron chi connectivity index (χ2n) is 17.2. The molecule has 0 bridgehead atoms. The van der Waals surface area contributed by atoms with Crippen molar-refractivity contribution < 1.29 is 0 Å². The van der Waals surface area contributed by atoms with E-state index in [0.717, 1.165) is 17.1 Å². The van der Waals surface area contributed by atoms with E-state index in [4.69, 9.17) is 0 Å². The first kappa shape index (κ1) is 34.6. The van der Waals surface area contributed by atoms with Crippen LogP contribution < -0.4 is 4.90 Å². The van der Waals surface area contributed by atoms with Gasteiger partial charge in [0.25, 0.3) is 0 Å². The molecule has 1 aliphatic rings. The maximum absolute atomic E-state index is 2.55. The number of anilines is 3. The van der Waals surface area contributed by atoms with Crippen molar-refractivity contribution >= 4 is 102 Å². The van der Waals surface area contributed by atoms with Gasteiger partial charge in [-0.3, -0.25) is 0 Å². The largest absolute Gasteiger partial charge is 0.310 e. The fourth-order valence-corrected chi connectivity index (χ4v) is 12.0. The van der Waals surface area contributed by atoms with Crippen LogP contribution in [0.15, 0.2) is 200 Å². The third kappa shape index (κ3) is 4.94. The maximum Gasteiger partial charge on any atom is 0.0547 e. The van der Waals surface area contributed by atoms with Crippen LogP contribution in [0.3, 0.4) is 0 Å². The lowest BCUT2D eigenvalue weighted by Gasteiger charge is -2.31. The van der Waals surface area contributed by atoms with E-state index in [-0.39, 0.29) is 5.41 Å². The molecule has 11 aromatic carbocycles. The molecule has 0 spiro atoms. The van der Waals surface area contributed by atoms with Crippen LogP contribution in [0.25, 0.3) is 96.3 Å². The molecule has 12 aromatic rings. The number of rotatable bonds is 4. The van der Waals surface area contributed by atoms with Crippen molar-refractivity contribution in [3.8, 4) is 22.3 Å². The summed E-state index contributed by atoms with van der Waals surface area (Å²) in [5.41, 5.74) is 11.2. The minimum absolute atomic E-state index is 0.149. The van der Waals surface area contributed by atoms with Crippen molar-refractivity contribution in [1.82, 2.24) is 0 Å². The SMILES string of the molecule is CC1(C)c2ccccc2-c2ccc(N(c3ccc4ccccc4c3)c3ccc4c5ccccc5c5ccccc5c4c3-c3cccc4c3sc3ccc5ccccc5c34)cc21. The van der Waals surface area contributed by atoms with Crippen LogP contribution >= 0.6 is 11.3 Å². The second kappa shape index (κ2) is 12.9. The van der Waals surface area contributed by atoms with Crippen molar-refractivity contribution in [2.45, 2.75) is 19.3 Å². The molecule has 1 heterocycles. The smallest absolute Gasteiger partial charge is 0.0547 e. The molecule has 1 aliphatic carbocycles. The van der Waals surface area contributed by atoms with Gasteiger partial charge in [-0.1, -0.05) is 178 Å². The first-order valence-corrected chi connectivity index (χ1v) is 22.1. The third-order valence-corrected chi connectivity index (χ3v) is 14.8. The van der Waals surface area contributed by atoms with E-state index >= 15 is 0 Å². The van der Waals surface area contributed by atoms with E-state index in [1.54, 1.807) is 0 Å². The lowest BCUT2D eigenvalue weighted by molar-refractivity contribution is 0.660. The van der Waals surface area contributed by atoms with Gasteiger partial charge in [0, 0.05) is 53.5 Å². The van der Waals surface area contributed by atoms with Gasteiger partial charge in [-0.15, -0.1) is 11.3 Å². The Morgan fingerprint density at radius 2 is 0.951 bits per heavy atom. The molecule has 0 N–H and O–H groups in total. The molecule has 1 aromatic heterocycles. The monoisotopic (exact) mass is 793 g/mol. The van der Waals surface area contributed by atoms with Crippen LogP contribution in [0.5, 0.6) is 0 Å². The Morgan fingerprint density at radius 1 is 0.377 bits per heavy atom. The van der Waals surface area contributed by atoms with Gasteiger partial charge in [-0.25, -0.2) is 0 Å². The van der Waals surface area contributed by atoms with E-state index in [0.29, 0.717) is 0 Å². The summed E-state index contributed by atoms with van der Waals surface area (Å²) in [6.07, 6.45) is 0. The van der Waals surface area contributed by atoms with Gasteiger partial charge >= 0.3 is 0 Å². The van der Waals surface area contributed by atoms with Gasteiger partial charge in [0.15, 0.2) is 0 Å². The Labute approximate surface area is 358 Å². The fraction of sp³-hybridized carbons (Fsp3) is 0.0508. The predicted molar refractivity (Wildman–Crippen MR) is 265 cm³/mol. The molecule has 0 saturated carbocycles. The quantitative estimate of drug-likeness (QED) is 0.160. The zero-order valence-corrected chi connectivity index (χ0v) is 34.7. The first-order chi connectivity index (χ1) is 30.0. The second-order valence-corrected chi connectivity index (χ2v) is 18.2. The third-order valence-electron chi connectivity index (χ3n) is 13.6. The number of hydrogen-bond acceptors (Lipinski definition) is 2. The summed E-state index contributed by atoms with van der Waals surface area (Å²) in [6, 6.07) is 75.1. The highest BCUT2D eigenvalue weighted by Crippen LogP contribution is 2.54. The minimum atomic E-state index is -0.149. The molecule has 286 valence electrons. The van der Waals surface area contributed by atoms with E-state index in [9.17, 15) is 0 Å². The summed E-state index contributed by atoms with van der Waals surface area (Å²) < 4.78 is 2.62. The fourth-order valence-electron chi connectivity index (χ4n) is 10.8.